The lowest BCUT2D eigenvalue weighted by Crippen LogP contribution is -2.29. The van der Waals surface area contributed by atoms with E-state index in [1.165, 1.54) is 17.0 Å². The number of hydrogen-bond donors (Lipinski definition) is 1. The summed E-state index contributed by atoms with van der Waals surface area (Å²) in [6.07, 6.45) is 3.10. The lowest BCUT2D eigenvalue weighted by atomic mass is 9.96. The average molecular weight is 423 g/mol. The van der Waals surface area contributed by atoms with Gasteiger partial charge >= 0.3 is 0 Å². The molecule has 1 atom stereocenters. The molecule has 1 saturated heterocycles. The van der Waals surface area contributed by atoms with Gasteiger partial charge in [0.25, 0.3) is 11.7 Å². The molecule has 1 aliphatic rings. The van der Waals surface area contributed by atoms with Gasteiger partial charge in [0.05, 0.1) is 11.6 Å². The van der Waals surface area contributed by atoms with Crippen LogP contribution < -0.4 is 0 Å². The number of Topliss-reactive ketones (excluding diaryl/α,β-unsaturated/α-hetero) is 1. The summed E-state index contributed by atoms with van der Waals surface area (Å²) < 4.78 is 13.3. The Bertz CT molecular complexity index is 1130. The van der Waals surface area contributed by atoms with Gasteiger partial charge in [-0.1, -0.05) is 23.7 Å². The van der Waals surface area contributed by atoms with Crippen LogP contribution in [0.5, 0.6) is 0 Å². The summed E-state index contributed by atoms with van der Waals surface area (Å²) in [5.41, 5.74) is 1.64. The maximum atomic E-state index is 13.3. The molecule has 0 radical (unpaired) electrons. The largest absolute Gasteiger partial charge is 0.507 e. The van der Waals surface area contributed by atoms with Crippen LogP contribution in [0.25, 0.3) is 5.76 Å². The van der Waals surface area contributed by atoms with Crippen molar-refractivity contribution < 1.29 is 19.1 Å². The molecule has 0 spiro atoms. The van der Waals surface area contributed by atoms with E-state index in [9.17, 15) is 19.1 Å². The van der Waals surface area contributed by atoms with Crippen LogP contribution in [0.15, 0.2) is 78.6 Å². The monoisotopic (exact) mass is 422 g/mol. The normalized spacial score (nSPS) is 18.1. The molecule has 1 unspecified atom stereocenters. The van der Waals surface area contributed by atoms with Gasteiger partial charge < -0.3 is 10.0 Å². The Kier molecular flexibility index (Phi) is 5.33. The minimum Gasteiger partial charge on any atom is -0.507 e. The summed E-state index contributed by atoms with van der Waals surface area (Å²) in [6, 6.07) is 14.6. The first-order valence-electron chi connectivity index (χ1n) is 9.14. The number of hydrogen-bond acceptors (Lipinski definition) is 4. The predicted molar refractivity (Wildman–Crippen MR) is 110 cm³/mol. The van der Waals surface area contributed by atoms with E-state index < -0.39 is 23.5 Å². The number of ketones is 1. The van der Waals surface area contributed by atoms with Crippen LogP contribution in [0.1, 0.15) is 22.7 Å². The second kappa shape index (κ2) is 8.08. The third-order valence-electron chi connectivity index (χ3n) is 4.95. The SMILES string of the molecule is O=C1C(=O)N(Cc2ccc(F)cc2)C(c2ccncc2)/C1=C(/O)c1ccc(Cl)cc1. The molecule has 0 aliphatic carbocycles. The van der Waals surface area contributed by atoms with Gasteiger partial charge in [0.15, 0.2) is 0 Å². The summed E-state index contributed by atoms with van der Waals surface area (Å²) >= 11 is 5.92. The maximum Gasteiger partial charge on any atom is 0.295 e. The summed E-state index contributed by atoms with van der Waals surface area (Å²) in [5.74, 6) is -2.20. The van der Waals surface area contributed by atoms with Crippen molar-refractivity contribution in [3.8, 4) is 0 Å². The number of nitrogens with zero attached hydrogens (tertiary/aromatic N) is 2. The standard InChI is InChI=1S/C23H16ClFN2O3/c24-17-5-3-16(4-6-17)21(28)19-20(15-9-11-26-12-10-15)27(23(30)22(19)29)13-14-1-7-18(25)8-2-14/h1-12,20,28H,13H2/b21-19-. The lowest BCUT2D eigenvalue weighted by Gasteiger charge is -2.25. The molecule has 1 aromatic heterocycles. The minimum absolute atomic E-state index is 0.0179. The Morgan fingerprint density at radius 3 is 2.27 bits per heavy atom. The van der Waals surface area contributed by atoms with Gasteiger partial charge in [-0.3, -0.25) is 14.6 Å². The number of benzene rings is 2. The third-order valence-corrected chi connectivity index (χ3v) is 5.20. The summed E-state index contributed by atoms with van der Waals surface area (Å²) in [6.45, 7) is 0.0786. The number of carbonyl (C=O) groups excluding carboxylic acids is 2. The maximum absolute atomic E-state index is 13.3. The second-order valence-electron chi connectivity index (χ2n) is 6.84. The number of aromatic nitrogens is 1. The molecular weight excluding hydrogens is 407 g/mol. The molecule has 1 fully saturated rings. The van der Waals surface area contributed by atoms with Gasteiger partial charge in [-0.05, 0) is 59.7 Å². The molecule has 4 rings (SSSR count). The van der Waals surface area contributed by atoms with Gasteiger partial charge in [-0.25, -0.2) is 4.39 Å². The van der Waals surface area contributed by atoms with E-state index in [1.807, 2.05) is 0 Å². The van der Waals surface area contributed by atoms with E-state index >= 15 is 0 Å². The molecule has 7 heteroatoms. The van der Waals surface area contributed by atoms with Crippen molar-refractivity contribution in [3.63, 3.8) is 0 Å². The Labute approximate surface area is 177 Å². The number of likely N-dealkylation sites (tertiary alicyclic amines) is 1. The van der Waals surface area contributed by atoms with E-state index in [2.05, 4.69) is 4.98 Å². The van der Waals surface area contributed by atoms with E-state index in [0.29, 0.717) is 21.7 Å². The van der Waals surface area contributed by atoms with Crippen LogP contribution in [0.4, 0.5) is 4.39 Å². The van der Waals surface area contributed by atoms with Crippen molar-refractivity contribution in [1.29, 1.82) is 0 Å². The Balaban J connectivity index is 1.83. The topological polar surface area (TPSA) is 70.5 Å². The Hall–Kier alpha value is -3.51. The van der Waals surface area contributed by atoms with E-state index in [4.69, 9.17) is 11.6 Å². The highest BCUT2D eigenvalue weighted by atomic mass is 35.5. The zero-order valence-electron chi connectivity index (χ0n) is 15.6. The zero-order valence-corrected chi connectivity index (χ0v) is 16.4. The molecule has 1 aliphatic heterocycles. The molecular formula is C23H16ClFN2O3. The van der Waals surface area contributed by atoms with E-state index in [0.717, 1.165) is 0 Å². The zero-order chi connectivity index (χ0) is 21.3. The van der Waals surface area contributed by atoms with Gasteiger partial charge in [0.2, 0.25) is 0 Å². The number of amides is 1. The summed E-state index contributed by atoms with van der Waals surface area (Å²) in [5, 5.41) is 11.4. The molecule has 0 saturated carbocycles. The van der Waals surface area contributed by atoms with Gasteiger partial charge in [0.1, 0.15) is 11.6 Å². The van der Waals surface area contributed by atoms with Crippen LogP contribution in [-0.2, 0) is 16.1 Å². The van der Waals surface area contributed by atoms with Crippen molar-refractivity contribution in [3.05, 3.63) is 106 Å². The van der Waals surface area contributed by atoms with Crippen LogP contribution in [0.2, 0.25) is 5.02 Å². The first-order valence-corrected chi connectivity index (χ1v) is 9.52. The van der Waals surface area contributed by atoms with Crippen molar-refractivity contribution in [1.82, 2.24) is 9.88 Å². The fraction of sp³-hybridized carbons (Fsp3) is 0.0870. The number of halogens is 2. The molecule has 1 amide bonds. The number of aliphatic hydroxyl groups excluding tert-OH is 1. The molecule has 3 aromatic rings. The van der Waals surface area contributed by atoms with Crippen LogP contribution in [0.3, 0.4) is 0 Å². The highest BCUT2D eigenvalue weighted by molar-refractivity contribution is 6.46. The van der Waals surface area contributed by atoms with Crippen LogP contribution in [-0.4, -0.2) is 26.7 Å². The van der Waals surface area contributed by atoms with Crippen molar-refractivity contribution in [2.75, 3.05) is 0 Å². The molecule has 2 aromatic carbocycles. The van der Waals surface area contributed by atoms with Gasteiger partial charge in [-0.15, -0.1) is 0 Å². The molecule has 0 bridgehead atoms. The third kappa shape index (κ3) is 3.69. The average Bonchev–Trinajstić information content (AvgIpc) is 3.01. The van der Waals surface area contributed by atoms with Crippen molar-refractivity contribution >= 4 is 29.1 Å². The minimum atomic E-state index is -0.811. The lowest BCUT2D eigenvalue weighted by molar-refractivity contribution is -0.140. The fourth-order valence-electron chi connectivity index (χ4n) is 3.49. The molecule has 30 heavy (non-hydrogen) atoms. The van der Waals surface area contributed by atoms with Gasteiger partial charge in [0, 0.05) is 29.5 Å². The van der Waals surface area contributed by atoms with Crippen LogP contribution >= 0.6 is 11.6 Å². The quantitative estimate of drug-likeness (QED) is 0.382. The van der Waals surface area contributed by atoms with Gasteiger partial charge in [-0.2, -0.15) is 0 Å². The first-order chi connectivity index (χ1) is 14.5. The Morgan fingerprint density at radius 1 is 1.00 bits per heavy atom. The molecule has 5 nitrogen and oxygen atoms in total. The molecule has 2 heterocycles. The molecule has 1 N–H and O–H groups in total. The van der Waals surface area contributed by atoms with Crippen LogP contribution in [0, 0.1) is 5.82 Å². The number of carbonyl (C=O) groups is 2. The predicted octanol–water partition coefficient (Wildman–Crippen LogP) is 4.50. The number of aliphatic hydroxyl groups is 1. The summed E-state index contributed by atoms with van der Waals surface area (Å²) in [4.78, 5) is 31.2. The fourth-order valence-corrected chi connectivity index (χ4v) is 3.61. The highest BCUT2D eigenvalue weighted by Crippen LogP contribution is 2.40. The number of pyridine rings is 1. The summed E-state index contributed by atoms with van der Waals surface area (Å²) in [7, 11) is 0. The molecule has 150 valence electrons. The first kappa shape index (κ1) is 19.8. The Morgan fingerprint density at radius 2 is 1.63 bits per heavy atom. The van der Waals surface area contributed by atoms with E-state index in [-0.39, 0.29) is 17.9 Å². The van der Waals surface area contributed by atoms with E-state index in [1.54, 1.807) is 60.9 Å². The highest BCUT2D eigenvalue weighted by Gasteiger charge is 2.46. The number of rotatable bonds is 4. The smallest absolute Gasteiger partial charge is 0.295 e. The van der Waals surface area contributed by atoms with Crippen molar-refractivity contribution in [2.24, 2.45) is 0 Å². The second-order valence-corrected chi connectivity index (χ2v) is 7.28. The van der Waals surface area contributed by atoms with Crippen molar-refractivity contribution in [2.45, 2.75) is 12.6 Å².